The molecule has 0 saturated carbocycles. The molecule has 3 amide bonds. The number of carbonyl (C=O) groups excluding carboxylic acids is 4. The maximum absolute atomic E-state index is 14.5. The highest BCUT2D eigenvalue weighted by Gasteiger charge is 2.40. The van der Waals surface area contributed by atoms with Crippen molar-refractivity contribution in [1.82, 2.24) is 19.7 Å². The second kappa shape index (κ2) is 11.6. The minimum atomic E-state index is -1.40. The van der Waals surface area contributed by atoms with Gasteiger partial charge >= 0.3 is 0 Å². The molecule has 2 aliphatic heterocycles. The van der Waals surface area contributed by atoms with Gasteiger partial charge in [-0.15, -0.1) is 0 Å². The molecular weight excluding hydrogens is 554 g/mol. The molecule has 1 unspecified atom stereocenters. The van der Waals surface area contributed by atoms with E-state index in [-0.39, 0.29) is 48.3 Å². The highest BCUT2D eigenvalue weighted by Crippen LogP contribution is 2.27. The topological polar surface area (TPSA) is 91.7 Å². The number of amides is 3. The van der Waals surface area contributed by atoms with Crippen molar-refractivity contribution >= 4 is 46.0 Å². The molecule has 0 radical (unpaired) electrons. The van der Waals surface area contributed by atoms with Crippen LogP contribution >= 0.6 is 11.6 Å². The Hall–Kier alpha value is -3.79. The lowest BCUT2D eigenvalue weighted by Crippen LogP contribution is -2.46. The van der Waals surface area contributed by atoms with E-state index in [9.17, 15) is 28.0 Å². The van der Waals surface area contributed by atoms with E-state index in [0.29, 0.717) is 41.0 Å². The standard InChI is InChI=1S/C30H31ClF2N4O4/c1-17-8-9-35(13-17)30(41)19-6-7-22-23(18(2)38)15-36(25(22)10-19)16-27(39)37-14-21(32)11-26(37)29(40)34-12-20-4-3-5-24(31)28(20)33/h3-7,10,15,17,21,26H,8-9,11-14,16H2,1-2H3,(H,34,40)/t17?,21-,26+/m1/s1. The molecule has 2 fully saturated rings. The van der Waals surface area contributed by atoms with Gasteiger partial charge in [-0.05, 0) is 37.5 Å². The van der Waals surface area contributed by atoms with E-state index in [1.54, 1.807) is 39.9 Å². The van der Waals surface area contributed by atoms with Crippen LogP contribution in [0.5, 0.6) is 0 Å². The number of ketones is 1. The average molecular weight is 585 g/mol. The fourth-order valence-electron chi connectivity index (χ4n) is 5.67. The van der Waals surface area contributed by atoms with Gasteiger partial charge in [0.1, 0.15) is 24.6 Å². The van der Waals surface area contributed by atoms with Crippen molar-refractivity contribution in [3.63, 3.8) is 0 Å². The highest BCUT2D eigenvalue weighted by atomic mass is 35.5. The third-order valence-electron chi connectivity index (χ3n) is 7.88. The molecular formula is C30H31ClF2N4O4. The van der Waals surface area contributed by atoms with Gasteiger partial charge in [-0.2, -0.15) is 0 Å². The van der Waals surface area contributed by atoms with Crippen LogP contribution in [0.4, 0.5) is 8.78 Å². The Balaban J connectivity index is 1.36. The number of nitrogens with zero attached hydrogens (tertiary/aromatic N) is 3. The molecule has 1 aromatic heterocycles. The molecule has 3 heterocycles. The summed E-state index contributed by atoms with van der Waals surface area (Å²) in [5.41, 5.74) is 1.53. The summed E-state index contributed by atoms with van der Waals surface area (Å²) < 4.78 is 30.3. The molecule has 41 heavy (non-hydrogen) atoms. The molecule has 3 aromatic rings. The van der Waals surface area contributed by atoms with Crippen molar-refractivity contribution in [3.8, 4) is 0 Å². The first-order chi connectivity index (χ1) is 19.5. The number of carbonyl (C=O) groups is 4. The number of hydrogen-bond donors (Lipinski definition) is 1. The summed E-state index contributed by atoms with van der Waals surface area (Å²) in [4.78, 5) is 54.9. The van der Waals surface area contributed by atoms with E-state index in [1.807, 2.05) is 0 Å². The van der Waals surface area contributed by atoms with Gasteiger partial charge in [-0.1, -0.05) is 36.7 Å². The minimum Gasteiger partial charge on any atom is -0.350 e. The fourth-order valence-corrected chi connectivity index (χ4v) is 5.86. The summed E-state index contributed by atoms with van der Waals surface area (Å²) in [6.45, 7) is 4.15. The third-order valence-corrected chi connectivity index (χ3v) is 8.17. The Morgan fingerprint density at radius 2 is 1.90 bits per heavy atom. The summed E-state index contributed by atoms with van der Waals surface area (Å²) in [5.74, 6) is -1.68. The summed E-state index contributed by atoms with van der Waals surface area (Å²) in [6.07, 6.45) is 0.894. The number of benzene rings is 2. The van der Waals surface area contributed by atoms with Gasteiger partial charge in [0.15, 0.2) is 5.78 Å². The second-order valence-corrected chi connectivity index (χ2v) is 11.3. The molecule has 11 heteroatoms. The molecule has 0 bridgehead atoms. The van der Waals surface area contributed by atoms with Gasteiger partial charge in [-0.25, -0.2) is 8.78 Å². The largest absolute Gasteiger partial charge is 0.350 e. The Bertz CT molecular complexity index is 1540. The Labute approximate surface area is 241 Å². The van der Waals surface area contributed by atoms with Crippen molar-refractivity contribution in [2.75, 3.05) is 19.6 Å². The van der Waals surface area contributed by atoms with Gasteiger partial charge in [0.25, 0.3) is 5.91 Å². The first-order valence-corrected chi connectivity index (χ1v) is 14.0. The fraction of sp³-hybridized carbons (Fsp3) is 0.400. The van der Waals surface area contributed by atoms with Crippen molar-refractivity contribution < 1.29 is 28.0 Å². The lowest BCUT2D eigenvalue weighted by atomic mass is 10.1. The number of halogens is 3. The summed E-state index contributed by atoms with van der Waals surface area (Å²) in [7, 11) is 0. The molecule has 3 atom stereocenters. The van der Waals surface area contributed by atoms with Crippen molar-refractivity contribution in [2.45, 2.75) is 52.0 Å². The van der Waals surface area contributed by atoms with Crippen LogP contribution in [0.15, 0.2) is 42.6 Å². The van der Waals surface area contributed by atoms with Crippen LogP contribution in [-0.4, -0.2) is 69.7 Å². The quantitative estimate of drug-likeness (QED) is 0.418. The zero-order valence-electron chi connectivity index (χ0n) is 22.8. The van der Waals surface area contributed by atoms with E-state index < -0.39 is 29.8 Å². The van der Waals surface area contributed by atoms with Gasteiger partial charge in [0, 0.05) is 54.3 Å². The van der Waals surface area contributed by atoms with Gasteiger partial charge < -0.3 is 19.7 Å². The lowest BCUT2D eigenvalue weighted by molar-refractivity contribution is -0.139. The Morgan fingerprint density at radius 1 is 1.12 bits per heavy atom. The Kier molecular flexibility index (Phi) is 8.13. The average Bonchev–Trinajstić information content (AvgIpc) is 3.65. The summed E-state index contributed by atoms with van der Waals surface area (Å²) in [5, 5.41) is 3.10. The zero-order chi connectivity index (χ0) is 29.4. The zero-order valence-corrected chi connectivity index (χ0v) is 23.6. The number of alkyl halides is 1. The number of rotatable bonds is 7. The molecule has 2 aromatic carbocycles. The van der Waals surface area contributed by atoms with Crippen molar-refractivity contribution in [1.29, 1.82) is 0 Å². The number of Topliss-reactive ketones (excluding diaryl/α,β-unsaturated/α-hetero) is 1. The molecule has 216 valence electrons. The number of nitrogens with one attached hydrogen (secondary N) is 1. The number of aromatic nitrogens is 1. The van der Waals surface area contributed by atoms with Crippen LogP contribution in [0.2, 0.25) is 5.02 Å². The molecule has 2 saturated heterocycles. The highest BCUT2D eigenvalue weighted by molar-refractivity contribution is 6.30. The van der Waals surface area contributed by atoms with Crippen LogP contribution < -0.4 is 5.32 Å². The van der Waals surface area contributed by atoms with Crippen LogP contribution in [0.3, 0.4) is 0 Å². The van der Waals surface area contributed by atoms with Crippen LogP contribution in [0, 0.1) is 11.7 Å². The molecule has 2 aliphatic rings. The monoisotopic (exact) mass is 584 g/mol. The predicted molar refractivity (Wildman–Crippen MR) is 150 cm³/mol. The number of likely N-dealkylation sites (tertiary alicyclic amines) is 2. The predicted octanol–water partition coefficient (Wildman–Crippen LogP) is 4.37. The van der Waals surface area contributed by atoms with Crippen molar-refractivity contribution in [2.24, 2.45) is 5.92 Å². The number of hydrogen-bond acceptors (Lipinski definition) is 4. The second-order valence-electron chi connectivity index (χ2n) is 10.9. The van der Waals surface area contributed by atoms with E-state index in [1.165, 1.54) is 24.0 Å². The van der Waals surface area contributed by atoms with Crippen LogP contribution in [0.1, 0.15) is 53.0 Å². The van der Waals surface area contributed by atoms with E-state index in [2.05, 4.69) is 12.2 Å². The van der Waals surface area contributed by atoms with E-state index in [0.717, 1.165) is 6.42 Å². The first-order valence-electron chi connectivity index (χ1n) is 13.6. The molecule has 5 rings (SSSR count). The number of fused-ring (bicyclic) bond motifs is 1. The van der Waals surface area contributed by atoms with Crippen LogP contribution in [0.25, 0.3) is 10.9 Å². The maximum atomic E-state index is 14.5. The van der Waals surface area contributed by atoms with Crippen LogP contribution in [-0.2, 0) is 22.7 Å². The van der Waals surface area contributed by atoms with Crippen molar-refractivity contribution in [3.05, 3.63) is 70.1 Å². The summed E-state index contributed by atoms with van der Waals surface area (Å²) >= 11 is 5.81. The minimum absolute atomic E-state index is 0.0815. The lowest BCUT2D eigenvalue weighted by Gasteiger charge is -2.24. The molecule has 0 aliphatic carbocycles. The third kappa shape index (κ3) is 5.84. The summed E-state index contributed by atoms with van der Waals surface area (Å²) in [6, 6.07) is 8.40. The first kappa shape index (κ1) is 28.7. The normalized spacial score (nSPS) is 20.6. The maximum Gasteiger partial charge on any atom is 0.253 e. The molecule has 8 nitrogen and oxygen atoms in total. The molecule has 1 N–H and O–H groups in total. The van der Waals surface area contributed by atoms with E-state index >= 15 is 0 Å². The smallest absolute Gasteiger partial charge is 0.253 e. The Morgan fingerprint density at radius 3 is 2.61 bits per heavy atom. The van der Waals surface area contributed by atoms with Gasteiger partial charge in [0.2, 0.25) is 11.8 Å². The molecule has 0 spiro atoms. The van der Waals surface area contributed by atoms with Gasteiger partial charge in [0.05, 0.1) is 17.1 Å². The van der Waals surface area contributed by atoms with E-state index in [4.69, 9.17) is 11.6 Å². The SMILES string of the molecule is CC(=O)c1cn(CC(=O)N2C[C@H](F)C[C@H]2C(=O)NCc2cccc(Cl)c2F)c2cc(C(=O)N3CCC(C)C3)ccc12. The van der Waals surface area contributed by atoms with Gasteiger partial charge in [-0.3, -0.25) is 19.2 Å².